The maximum Gasteiger partial charge on any atom is -0.00580 e. The standard InChI is InChI=1S/C32H26.4C2H6/c1-20-29-19-30(27-13-11-22-7-3-5-9-24(22)17-27)28-15-14-26(18-31(28)32(20)29)25-12-10-21-6-2-4-8-23(21)16-25;4*1-2/h2-10,12,14-20,29,32H,11,13H2,1H3;4*1-2H3. The molecule has 0 aliphatic heterocycles. The molecule has 210 valence electrons. The van der Waals surface area contributed by atoms with Crippen molar-refractivity contribution in [3.63, 3.8) is 0 Å². The number of hydrogen-bond donors (Lipinski definition) is 0. The fourth-order valence-electron chi connectivity index (χ4n) is 6.08. The van der Waals surface area contributed by atoms with Crippen LogP contribution in [0, 0.1) is 11.8 Å². The van der Waals surface area contributed by atoms with Crippen LogP contribution in [0.3, 0.4) is 0 Å². The molecule has 3 aliphatic carbocycles. The number of allylic oxidation sites excluding steroid dienone is 3. The summed E-state index contributed by atoms with van der Waals surface area (Å²) in [6.07, 6.45) is 7.32. The molecule has 0 radical (unpaired) electrons. The van der Waals surface area contributed by atoms with E-state index in [1.165, 1.54) is 49.7 Å². The second-order valence-electron chi connectivity index (χ2n) is 9.77. The van der Waals surface area contributed by atoms with Gasteiger partial charge in [0.1, 0.15) is 0 Å². The van der Waals surface area contributed by atoms with Crippen molar-refractivity contribution >= 4 is 22.4 Å². The molecule has 3 unspecified atom stereocenters. The molecule has 0 heteroatoms. The Hall–Kier alpha value is -3.38. The number of rotatable bonds is 2. The maximum absolute atomic E-state index is 2.59. The lowest BCUT2D eigenvalue weighted by molar-refractivity contribution is 0.891. The molecule has 4 aromatic carbocycles. The molecule has 0 amide bonds. The molecule has 3 atom stereocenters. The summed E-state index contributed by atoms with van der Waals surface area (Å²) >= 11 is 0. The molecule has 0 spiro atoms. The molecular formula is C40H50. The highest BCUT2D eigenvalue weighted by Gasteiger charge is 2.49. The Labute approximate surface area is 244 Å². The molecule has 0 nitrogen and oxygen atoms in total. The van der Waals surface area contributed by atoms with Crippen molar-refractivity contribution in [2.24, 2.45) is 11.8 Å². The summed E-state index contributed by atoms with van der Waals surface area (Å²) in [5.41, 5.74) is 11.6. The lowest BCUT2D eigenvalue weighted by Crippen LogP contribution is -2.05. The average molecular weight is 531 g/mol. The van der Waals surface area contributed by atoms with E-state index < -0.39 is 0 Å². The van der Waals surface area contributed by atoms with Crippen LogP contribution in [0.5, 0.6) is 0 Å². The maximum atomic E-state index is 2.59. The highest BCUT2D eigenvalue weighted by Crippen LogP contribution is 2.61. The first-order valence-corrected chi connectivity index (χ1v) is 15.9. The van der Waals surface area contributed by atoms with Crippen LogP contribution in [0.2, 0.25) is 0 Å². The van der Waals surface area contributed by atoms with Gasteiger partial charge in [0.25, 0.3) is 0 Å². The quantitative estimate of drug-likeness (QED) is 0.242. The lowest BCUT2D eigenvalue weighted by Gasteiger charge is -2.24. The smallest absolute Gasteiger partial charge is 0.00580 e. The Morgan fingerprint density at radius 1 is 0.600 bits per heavy atom. The van der Waals surface area contributed by atoms with Crippen molar-refractivity contribution < 1.29 is 0 Å². The van der Waals surface area contributed by atoms with Gasteiger partial charge in [0.15, 0.2) is 0 Å². The zero-order valence-electron chi connectivity index (χ0n) is 26.4. The Balaban J connectivity index is 0.000000510. The van der Waals surface area contributed by atoms with Gasteiger partial charge < -0.3 is 0 Å². The van der Waals surface area contributed by atoms with E-state index in [1.807, 2.05) is 55.4 Å². The second kappa shape index (κ2) is 14.8. The summed E-state index contributed by atoms with van der Waals surface area (Å²) in [4.78, 5) is 0. The molecule has 0 heterocycles. The molecule has 7 rings (SSSR count). The fourth-order valence-corrected chi connectivity index (χ4v) is 6.08. The Morgan fingerprint density at radius 3 is 1.98 bits per heavy atom. The van der Waals surface area contributed by atoms with Crippen molar-refractivity contribution in [2.75, 3.05) is 0 Å². The van der Waals surface area contributed by atoms with Crippen molar-refractivity contribution in [3.05, 3.63) is 119 Å². The minimum absolute atomic E-state index is 0.686. The number of benzene rings is 4. The third-order valence-electron chi connectivity index (χ3n) is 7.98. The first-order chi connectivity index (χ1) is 19.8. The summed E-state index contributed by atoms with van der Waals surface area (Å²) in [6.45, 7) is 18.4. The third-order valence-corrected chi connectivity index (χ3v) is 7.98. The minimum atomic E-state index is 0.686. The van der Waals surface area contributed by atoms with Crippen LogP contribution in [0.25, 0.3) is 33.5 Å². The molecule has 0 saturated heterocycles. The van der Waals surface area contributed by atoms with Gasteiger partial charge in [-0.3, -0.25) is 0 Å². The topological polar surface area (TPSA) is 0 Å². The molecule has 4 aromatic rings. The van der Waals surface area contributed by atoms with Crippen LogP contribution in [0.4, 0.5) is 0 Å². The van der Waals surface area contributed by atoms with Crippen molar-refractivity contribution in [1.82, 2.24) is 0 Å². The molecule has 3 aliphatic rings. The summed E-state index contributed by atoms with van der Waals surface area (Å²) in [5, 5.41) is 2.62. The zero-order valence-corrected chi connectivity index (χ0v) is 26.4. The van der Waals surface area contributed by atoms with Gasteiger partial charge in [0.05, 0.1) is 0 Å². The van der Waals surface area contributed by atoms with Crippen molar-refractivity contribution in [3.8, 4) is 11.1 Å². The summed E-state index contributed by atoms with van der Waals surface area (Å²) in [6, 6.07) is 31.6. The van der Waals surface area contributed by atoms with Gasteiger partial charge in [-0.05, 0) is 92.0 Å². The summed E-state index contributed by atoms with van der Waals surface area (Å²) in [7, 11) is 0. The van der Waals surface area contributed by atoms with Gasteiger partial charge in [-0.1, -0.05) is 153 Å². The number of aryl methyl sites for hydroxylation is 1. The van der Waals surface area contributed by atoms with Gasteiger partial charge in [-0.15, -0.1) is 0 Å². The monoisotopic (exact) mass is 530 g/mol. The van der Waals surface area contributed by atoms with E-state index in [2.05, 4.69) is 104 Å². The van der Waals surface area contributed by atoms with E-state index in [1.54, 1.807) is 5.56 Å². The Morgan fingerprint density at radius 2 is 1.23 bits per heavy atom. The first-order valence-electron chi connectivity index (χ1n) is 15.9. The van der Waals surface area contributed by atoms with Gasteiger partial charge in [0, 0.05) is 0 Å². The highest BCUT2D eigenvalue weighted by molar-refractivity contribution is 5.91. The van der Waals surface area contributed by atoms with Gasteiger partial charge >= 0.3 is 0 Å². The van der Waals surface area contributed by atoms with Crippen LogP contribution in [0.15, 0.2) is 96.6 Å². The van der Waals surface area contributed by atoms with Crippen molar-refractivity contribution in [1.29, 1.82) is 0 Å². The van der Waals surface area contributed by atoms with E-state index in [9.17, 15) is 0 Å². The van der Waals surface area contributed by atoms with Crippen LogP contribution >= 0.6 is 0 Å². The molecular weight excluding hydrogens is 480 g/mol. The molecule has 1 fully saturated rings. The highest BCUT2D eigenvalue weighted by atomic mass is 14.5. The van der Waals surface area contributed by atoms with Gasteiger partial charge in [0.2, 0.25) is 0 Å². The minimum Gasteiger partial charge on any atom is -0.0723 e. The molecule has 0 aromatic heterocycles. The van der Waals surface area contributed by atoms with Crippen LogP contribution in [-0.2, 0) is 6.42 Å². The molecule has 0 N–H and O–H groups in total. The lowest BCUT2D eigenvalue weighted by atomic mass is 9.80. The van der Waals surface area contributed by atoms with E-state index in [0.717, 1.165) is 18.8 Å². The zero-order chi connectivity index (χ0) is 29.2. The average Bonchev–Trinajstić information content (AvgIpc) is 3.73. The molecule has 40 heavy (non-hydrogen) atoms. The molecule has 0 bridgehead atoms. The van der Waals surface area contributed by atoms with E-state index in [-0.39, 0.29) is 0 Å². The van der Waals surface area contributed by atoms with E-state index in [0.29, 0.717) is 11.8 Å². The fraction of sp³-hybridized carbons (Fsp3) is 0.350. The van der Waals surface area contributed by atoms with E-state index >= 15 is 0 Å². The normalized spacial score (nSPS) is 19.0. The Bertz CT molecular complexity index is 1450. The summed E-state index contributed by atoms with van der Waals surface area (Å²) in [5.74, 6) is 2.13. The van der Waals surface area contributed by atoms with Crippen molar-refractivity contribution in [2.45, 2.75) is 81.1 Å². The predicted molar refractivity (Wildman–Crippen MR) is 181 cm³/mol. The number of fused-ring (bicyclic) bond motifs is 5. The first kappa shape index (κ1) is 31.2. The van der Waals surface area contributed by atoms with Gasteiger partial charge in [-0.2, -0.15) is 0 Å². The third kappa shape index (κ3) is 6.17. The largest absolute Gasteiger partial charge is 0.0723 e. The molecule has 1 saturated carbocycles. The second-order valence-corrected chi connectivity index (χ2v) is 9.77. The van der Waals surface area contributed by atoms with E-state index in [4.69, 9.17) is 0 Å². The van der Waals surface area contributed by atoms with Crippen LogP contribution < -0.4 is 0 Å². The Kier molecular flexibility index (Phi) is 11.6. The SMILES string of the molecule is CC.CC.CC.CC.CC1C2C=C(C3=Cc4ccccc4CC3)c3ccc(-c4ccc5ccccc5c4)cc3C12. The summed E-state index contributed by atoms with van der Waals surface area (Å²) < 4.78 is 0. The van der Waals surface area contributed by atoms with Crippen LogP contribution in [-0.4, -0.2) is 0 Å². The van der Waals surface area contributed by atoms with Gasteiger partial charge in [-0.25, -0.2) is 0 Å². The predicted octanol–water partition coefficient (Wildman–Crippen LogP) is 12.4. The van der Waals surface area contributed by atoms with Crippen LogP contribution in [0.1, 0.15) is 96.9 Å². The number of hydrogen-bond acceptors (Lipinski definition) is 0.